The number of nitrogens with zero attached hydrogens (tertiary/aromatic N) is 1. The Morgan fingerprint density at radius 1 is 1.42 bits per heavy atom. The molecule has 0 unspecified atom stereocenters. The fraction of sp³-hybridized carbons (Fsp3) is 0.889. The molecule has 1 N–H and O–H groups in total. The van der Waals surface area contributed by atoms with E-state index in [4.69, 9.17) is 5.11 Å². The summed E-state index contributed by atoms with van der Waals surface area (Å²) < 4.78 is 0. The molecule has 0 aromatic carbocycles. The normalized spacial score (nSPS) is 10.7. The van der Waals surface area contributed by atoms with Crippen molar-refractivity contribution in [3.8, 4) is 0 Å². The molecule has 3 nitrogen and oxygen atoms in total. The number of rotatable bonds is 7. The fourth-order valence-electron chi connectivity index (χ4n) is 1.12. The minimum absolute atomic E-state index is 0.202. The highest BCUT2D eigenvalue weighted by molar-refractivity contribution is 5.75. The van der Waals surface area contributed by atoms with Gasteiger partial charge in [0.15, 0.2) is 0 Å². The summed E-state index contributed by atoms with van der Waals surface area (Å²) in [6, 6.07) is 0. The molecule has 0 fully saturated rings. The number of ketones is 1. The predicted molar refractivity (Wildman–Crippen MR) is 49.1 cm³/mol. The number of hydrogen-bond acceptors (Lipinski definition) is 3. The van der Waals surface area contributed by atoms with Crippen LogP contribution in [0.25, 0.3) is 0 Å². The molecule has 0 bridgehead atoms. The molecule has 0 rings (SSSR count). The quantitative estimate of drug-likeness (QED) is 0.615. The molecule has 12 heavy (non-hydrogen) atoms. The number of aliphatic hydroxyl groups excluding tert-OH is 1. The van der Waals surface area contributed by atoms with Crippen LogP contribution in [0.3, 0.4) is 0 Å². The Hall–Kier alpha value is -0.410. The molecule has 0 aliphatic heterocycles. The molecule has 0 aromatic heterocycles. The van der Waals surface area contributed by atoms with Crippen molar-refractivity contribution < 1.29 is 9.90 Å². The second kappa shape index (κ2) is 7.25. The lowest BCUT2D eigenvalue weighted by Gasteiger charge is -2.18. The van der Waals surface area contributed by atoms with Crippen molar-refractivity contribution in [1.82, 2.24) is 4.90 Å². The predicted octanol–water partition coefficient (Wildman–Crippen LogP) is 0.670. The number of likely N-dealkylation sites (N-methyl/N-ethyl adjacent to an activating group) is 1. The molecule has 3 heteroatoms. The molecular weight excluding hydrogens is 154 g/mol. The highest BCUT2D eigenvalue weighted by Crippen LogP contribution is 1.95. The number of hydrogen-bond donors (Lipinski definition) is 1. The van der Waals surface area contributed by atoms with Gasteiger partial charge in [0.2, 0.25) is 0 Å². The second-order valence-electron chi connectivity index (χ2n) is 2.96. The molecule has 0 saturated heterocycles. The van der Waals surface area contributed by atoms with Crippen LogP contribution in [0.2, 0.25) is 0 Å². The first-order valence-corrected chi connectivity index (χ1v) is 4.53. The molecule has 0 aliphatic carbocycles. The van der Waals surface area contributed by atoms with E-state index in [0.29, 0.717) is 13.0 Å². The van der Waals surface area contributed by atoms with Crippen LogP contribution in [-0.4, -0.2) is 42.0 Å². The van der Waals surface area contributed by atoms with Crippen molar-refractivity contribution in [2.45, 2.75) is 26.7 Å². The topological polar surface area (TPSA) is 40.5 Å². The van der Waals surface area contributed by atoms with Crippen molar-refractivity contribution >= 4 is 5.78 Å². The maximum Gasteiger partial charge on any atom is 0.129 e. The van der Waals surface area contributed by atoms with Gasteiger partial charge in [0.25, 0.3) is 0 Å². The van der Waals surface area contributed by atoms with Gasteiger partial charge in [-0.15, -0.1) is 0 Å². The lowest BCUT2D eigenvalue weighted by Crippen LogP contribution is -2.27. The van der Waals surface area contributed by atoms with E-state index in [1.807, 2.05) is 0 Å². The van der Waals surface area contributed by atoms with Gasteiger partial charge in [-0.05, 0) is 26.4 Å². The molecule has 0 radical (unpaired) electrons. The monoisotopic (exact) mass is 173 g/mol. The molecule has 0 heterocycles. The Balaban J connectivity index is 3.37. The second-order valence-corrected chi connectivity index (χ2v) is 2.96. The average Bonchev–Trinajstić information content (AvgIpc) is 2.02. The van der Waals surface area contributed by atoms with Crippen molar-refractivity contribution in [1.29, 1.82) is 0 Å². The molecule has 0 aromatic rings. The third-order valence-electron chi connectivity index (χ3n) is 1.87. The third kappa shape index (κ3) is 6.31. The number of Topliss-reactive ketones (excluding diaryl/α,β-unsaturated/α-hetero) is 1. The highest BCUT2D eigenvalue weighted by atomic mass is 16.3. The molecule has 72 valence electrons. The third-order valence-corrected chi connectivity index (χ3v) is 1.87. The van der Waals surface area contributed by atoms with Gasteiger partial charge in [-0.3, -0.25) is 0 Å². The Morgan fingerprint density at radius 2 is 2.08 bits per heavy atom. The standard InChI is InChI=1S/C9H19NO2/c1-3-10(7-8-11)6-4-5-9(2)12/h11H,3-8H2,1-2H3. The Labute approximate surface area is 74.4 Å². The van der Waals surface area contributed by atoms with E-state index >= 15 is 0 Å². The SMILES string of the molecule is CCN(CCO)CCCC(C)=O. The van der Waals surface area contributed by atoms with Crippen LogP contribution in [0, 0.1) is 0 Å². The van der Waals surface area contributed by atoms with Crippen LogP contribution in [0.15, 0.2) is 0 Å². The van der Waals surface area contributed by atoms with Gasteiger partial charge >= 0.3 is 0 Å². The Morgan fingerprint density at radius 3 is 2.50 bits per heavy atom. The number of carbonyl (C=O) groups excluding carboxylic acids is 1. The van der Waals surface area contributed by atoms with Gasteiger partial charge in [-0.1, -0.05) is 6.92 Å². The molecule has 0 saturated carbocycles. The van der Waals surface area contributed by atoms with Gasteiger partial charge in [-0.25, -0.2) is 0 Å². The smallest absolute Gasteiger partial charge is 0.129 e. The van der Waals surface area contributed by atoms with E-state index in [0.717, 1.165) is 19.5 Å². The zero-order valence-electron chi connectivity index (χ0n) is 8.05. The molecular formula is C9H19NO2. The minimum atomic E-state index is 0.202. The first-order valence-electron chi connectivity index (χ1n) is 4.53. The van der Waals surface area contributed by atoms with Crippen LogP contribution < -0.4 is 0 Å². The summed E-state index contributed by atoms with van der Waals surface area (Å²) in [5.41, 5.74) is 0. The fourth-order valence-corrected chi connectivity index (χ4v) is 1.12. The first kappa shape index (κ1) is 11.6. The van der Waals surface area contributed by atoms with Gasteiger partial charge in [0.1, 0.15) is 5.78 Å². The molecule has 0 aliphatic rings. The van der Waals surface area contributed by atoms with E-state index in [-0.39, 0.29) is 12.4 Å². The van der Waals surface area contributed by atoms with Crippen LogP contribution in [0.4, 0.5) is 0 Å². The number of aliphatic hydroxyl groups is 1. The van der Waals surface area contributed by atoms with Crippen molar-refractivity contribution in [2.75, 3.05) is 26.2 Å². The minimum Gasteiger partial charge on any atom is -0.395 e. The summed E-state index contributed by atoms with van der Waals surface area (Å²) >= 11 is 0. The summed E-state index contributed by atoms with van der Waals surface area (Å²) in [6.07, 6.45) is 1.56. The zero-order valence-corrected chi connectivity index (χ0v) is 8.05. The van der Waals surface area contributed by atoms with E-state index < -0.39 is 0 Å². The van der Waals surface area contributed by atoms with Crippen molar-refractivity contribution in [2.24, 2.45) is 0 Å². The van der Waals surface area contributed by atoms with E-state index in [1.54, 1.807) is 6.92 Å². The highest BCUT2D eigenvalue weighted by Gasteiger charge is 2.01. The van der Waals surface area contributed by atoms with Gasteiger partial charge in [0, 0.05) is 13.0 Å². The van der Waals surface area contributed by atoms with Crippen LogP contribution >= 0.6 is 0 Å². The molecule has 0 amide bonds. The van der Waals surface area contributed by atoms with E-state index in [2.05, 4.69) is 11.8 Å². The zero-order chi connectivity index (χ0) is 9.40. The summed E-state index contributed by atoms with van der Waals surface area (Å²) in [7, 11) is 0. The van der Waals surface area contributed by atoms with Crippen molar-refractivity contribution in [3.63, 3.8) is 0 Å². The summed E-state index contributed by atoms with van der Waals surface area (Å²) in [5.74, 6) is 0.245. The largest absolute Gasteiger partial charge is 0.395 e. The van der Waals surface area contributed by atoms with E-state index in [9.17, 15) is 4.79 Å². The lowest BCUT2D eigenvalue weighted by molar-refractivity contribution is -0.117. The van der Waals surface area contributed by atoms with Crippen LogP contribution in [-0.2, 0) is 4.79 Å². The average molecular weight is 173 g/mol. The van der Waals surface area contributed by atoms with Crippen LogP contribution in [0.1, 0.15) is 26.7 Å². The Kier molecular flexibility index (Phi) is 7.00. The van der Waals surface area contributed by atoms with Crippen LogP contribution in [0.5, 0.6) is 0 Å². The van der Waals surface area contributed by atoms with E-state index in [1.165, 1.54) is 0 Å². The Bertz CT molecular complexity index is 126. The van der Waals surface area contributed by atoms with Gasteiger partial charge in [0.05, 0.1) is 6.61 Å². The maximum atomic E-state index is 10.6. The maximum absolute atomic E-state index is 10.6. The molecule has 0 spiro atoms. The molecule has 0 atom stereocenters. The lowest BCUT2D eigenvalue weighted by atomic mass is 10.2. The first-order chi connectivity index (χ1) is 5.70. The summed E-state index contributed by atoms with van der Waals surface area (Å²) in [5, 5.41) is 8.67. The summed E-state index contributed by atoms with van der Waals surface area (Å²) in [6.45, 7) is 6.45. The van der Waals surface area contributed by atoms with Gasteiger partial charge in [-0.2, -0.15) is 0 Å². The summed E-state index contributed by atoms with van der Waals surface area (Å²) in [4.78, 5) is 12.7. The number of carbonyl (C=O) groups is 1. The van der Waals surface area contributed by atoms with Crippen molar-refractivity contribution in [3.05, 3.63) is 0 Å². The van der Waals surface area contributed by atoms with Gasteiger partial charge < -0.3 is 14.8 Å².